The van der Waals surface area contributed by atoms with Crippen LogP contribution in [-0.4, -0.2) is 27.5 Å². The number of carbonyl (C=O) groups excluding carboxylic acids is 1. The first kappa shape index (κ1) is 29.2. The highest BCUT2D eigenvalue weighted by atomic mass is 35.5. The molecule has 0 radical (unpaired) electrons. The van der Waals surface area contributed by atoms with Gasteiger partial charge in [-0.2, -0.15) is 0 Å². The molecule has 0 amide bonds. The summed E-state index contributed by atoms with van der Waals surface area (Å²) >= 11 is 9.07. The number of thioether (sulfide) groups is 1. The molecule has 0 saturated carbocycles. The first-order valence-corrected chi connectivity index (χ1v) is 16.3. The van der Waals surface area contributed by atoms with E-state index in [1.165, 1.54) is 11.3 Å². The number of benzene rings is 3. The zero-order chi connectivity index (χ0) is 30.2. The first-order chi connectivity index (χ1) is 20.7. The topological polar surface area (TPSA) is 65.6 Å². The van der Waals surface area contributed by atoms with Crippen molar-refractivity contribution in [3.63, 3.8) is 0 Å². The average Bonchev–Trinajstić information content (AvgIpc) is 3.49. The molecule has 0 spiro atoms. The Morgan fingerprint density at radius 1 is 1.09 bits per heavy atom. The SMILES string of the molecule is CSc1ccc([C@H]2C(C(=O)OC(C)C)=C(C)N=c3s/c(=C/c4cn(Cc5ccc(Cl)cc5)c5ccccc45)c(=O)n32)cc1. The molecule has 0 N–H and O–H groups in total. The van der Waals surface area contributed by atoms with E-state index in [-0.39, 0.29) is 11.7 Å². The van der Waals surface area contributed by atoms with Gasteiger partial charge in [0.2, 0.25) is 0 Å². The van der Waals surface area contributed by atoms with E-state index in [1.54, 1.807) is 16.3 Å². The monoisotopic (exact) mass is 627 g/mol. The van der Waals surface area contributed by atoms with Crippen LogP contribution in [0.4, 0.5) is 0 Å². The van der Waals surface area contributed by atoms with Gasteiger partial charge in [-0.05, 0) is 74.6 Å². The minimum Gasteiger partial charge on any atom is -0.459 e. The summed E-state index contributed by atoms with van der Waals surface area (Å²) in [6.07, 6.45) is 5.72. The molecule has 3 heterocycles. The highest BCUT2D eigenvalue weighted by Gasteiger charge is 2.33. The van der Waals surface area contributed by atoms with Crippen molar-refractivity contribution in [1.82, 2.24) is 9.13 Å². The average molecular weight is 628 g/mol. The Morgan fingerprint density at radius 2 is 1.81 bits per heavy atom. The lowest BCUT2D eigenvalue weighted by Crippen LogP contribution is -2.40. The van der Waals surface area contributed by atoms with Crippen LogP contribution in [0.15, 0.2) is 105 Å². The van der Waals surface area contributed by atoms with Gasteiger partial charge in [-0.25, -0.2) is 9.79 Å². The second-order valence-electron chi connectivity index (χ2n) is 10.7. The Kier molecular flexibility index (Phi) is 8.18. The van der Waals surface area contributed by atoms with Crippen molar-refractivity contribution in [3.8, 4) is 0 Å². The maximum Gasteiger partial charge on any atom is 0.338 e. The first-order valence-electron chi connectivity index (χ1n) is 13.9. The van der Waals surface area contributed by atoms with Gasteiger partial charge < -0.3 is 9.30 Å². The predicted molar refractivity (Wildman–Crippen MR) is 176 cm³/mol. The number of rotatable bonds is 7. The lowest BCUT2D eigenvalue weighted by molar-refractivity contribution is -0.143. The predicted octanol–water partition coefficient (Wildman–Crippen LogP) is 6.57. The second-order valence-corrected chi connectivity index (χ2v) is 13.0. The number of halogens is 1. The van der Waals surface area contributed by atoms with Gasteiger partial charge in [-0.1, -0.05) is 65.4 Å². The normalized spacial score (nSPS) is 15.2. The van der Waals surface area contributed by atoms with Gasteiger partial charge in [0, 0.05) is 39.1 Å². The van der Waals surface area contributed by atoms with Gasteiger partial charge >= 0.3 is 5.97 Å². The molecule has 6 nitrogen and oxygen atoms in total. The number of para-hydroxylation sites is 1. The lowest BCUT2D eigenvalue weighted by atomic mass is 9.96. The molecule has 9 heteroatoms. The second kappa shape index (κ2) is 12.0. The molecule has 0 aliphatic carbocycles. The molecule has 1 aliphatic rings. The van der Waals surface area contributed by atoms with Crippen LogP contribution in [-0.2, 0) is 16.1 Å². The molecule has 1 aliphatic heterocycles. The van der Waals surface area contributed by atoms with Crippen molar-refractivity contribution in [2.45, 2.75) is 44.4 Å². The Bertz CT molecular complexity index is 2050. The number of ether oxygens (including phenoxy) is 1. The smallest absolute Gasteiger partial charge is 0.338 e. The Labute approximate surface area is 262 Å². The lowest BCUT2D eigenvalue weighted by Gasteiger charge is -2.25. The van der Waals surface area contributed by atoms with Gasteiger partial charge in [-0.15, -0.1) is 11.8 Å². The Morgan fingerprint density at radius 3 is 2.51 bits per heavy atom. The van der Waals surface area contributed by atoms with Crippen molar-refractivity contribution >= 4 is 57.6 Å². The third kappa shape index (κ3) is 5.75. The standard InChI is InChI=1S/C34H30ClN3O3S2/c1-20(2)41-33(40)30-21(3)36-34-38(31(30)23-11-15-26(42-4)16-12-23)32(39)29(43-34)17-24-19-37(28-8-6-5-7-27(24)28)18-22-9-13-25(35)14-10-22/h5-17,19-20,31H,18H2,1-4H3/b29-17+/t31-/m0/s1. The van der Waals surface area contributed by atoms with E-state index in [1.807, 2.05) is 93.8 Å². The summed E-state index contributed by atoms with van der Waals surface area (Å²) in [5.74, 6) is -0.463. The molecule has 1 atom stereocenters. The summed E-state index contributed by atoms with van der Waals surface area (Å²) < 4.78 is 10.00. The van der Waals surface area contributed by atoms with Crippen LogP contribution in [0, 0.1) is 0 Å². The Hall–Kier alpha value is -3.85. The fourth-order valence-electron chi connectivity index (χ4n) is 5.41. The van der Waals surface area contributed by atoms with Gasteiger partial charge in [-0.3, -0.25) is 9.36 Å². The van der Waals surface area contributed by atoms with Crippen LogP contribution in [0.5, 0.6) is 0 Å². The number of hydrogen-bond donors (Lipinski definition) is 0. The van der Waals surface area contributed by atoms with E-state index in [0.29, 0.717) is 32.2 Å². The molecule has 5 aromatic rings. The number of nitrogens with zero attached hydrogens (tertiary/aromatic N) is 3. The highest BCUT2D eigenvalue weighted by molar-refractivity contribution is 7.98. The van der Waals surface area contributed by atoms with E-state index < -0.39 is 12.0 Å². The largest absolute Gasteiger partial charge is 0.459 e. The van der Waals surface area contributed by atoms with E-state index in [4.69, 9.17) is 21.3 Å². The third-order valence-corrected chi connectivity index (χ3v) is 9.37. The minimum absolute atomic E-state index is 0.195. The van der Waals surface area contributed by atoms with E-state index in [2.05, 4.69) is 22.9 Å². The molecule has 2 aromatic heterocycles. The molecule has 43 heavy (non-hydrogen) atoms. The fraction of sp³-hybridized carbons (Fsp3) is 0.206. The molecular weight excluding hydrogens is 598 g/mol. The Balaban J connectivity index is 1.50. The summed E-state index contributed by atoms with van der Waals surface area (Å²) in [7, 11) is 0. The van der Waals surface area contributed by atoms with E-state index in [9.17, 15) is 9.59 Å². The quantitative estimate of drug-likeness (QED) is 0.151. The molecule has 0 unspecified atom stereocenters. The maximum atomic E-state index is 14.2. The van der Waals surface area contributed by atoms with Crippen molar-refractivity contribution in [1.29, 1.82) is 0 Å². The van der Waals surface area contributed by atoms with Crippen LogP contribution in [0.2, 0.25) is 5.02 Å². The molecular formula is C34H30ClN3O3S2. The van der Waals surface area contributed by atoms with Gasteiger partial charge in [0.05, 0.1) is 27.9 Å². The number of hydrogen-bond acceptors (Lipinski definition) is 6. The van der Waals surface area contributed by atoms with Crippen LogP contribution < -0.4 is 14.9 Å². The summed E-state index contributed by atoms with van der Waals surface area (Å²) in [5.41, 5.74) is 4.69. The molecule has 0 bridgehead atoms. The molecule has 0 fully saturated rings. The van der Waals surface area contributed by atoms with Gasteiger partial charge in [0.15, 0.2) is 4.80 Å². The summed E-state index contributed by atoms with van der Waals surface area (Å²) in [5, 5.41) is 1.75. The number of aromatic nitrogens is 2. The number of carbonyl (C=O) groups is 1. The molecule has 0 saturated heterocycles. The summed E-state index contributed by atoms with van der Waals surface area (Å²) in [6.45, 7) is 6.10. The molecule has 6 rings (SSSR count). The fourth-order valence-corrected chi connectivity index (χ4v) is 6.98. The summed E-state index contributed by atoms with van der Waals surface area (Å²) in [4.78, 5) is 33.9. The van der Waals surface area contributed by atoms with E-state index >= 15 is 0 Å². The van der Waals surface area contributed by atoms with Gasteiger partial charge in [0.1, 0.15) is 0 Å². The maximum absolute atomic E-state index is 14.2. The molecule has 3 aromatic carbocycles. The van der Waals surface area contributed by atoms with E-state index in [0.717, 1.165) is 32.5 Å². The van der Waals surface area contributed by atoms with Gasteiger partial charge in [0.25, 0.3) is 5.56 Å². The zero-order valence-electron chi connectivity index (χ0n) is 24.2. The number of allylic oxidation sites excluding steroid dienone is 1. The number of esters is 1. The zero-order valence-corrected chi connectivity index (χ0v) is 26.6. The number of fused-ring (bicyclic) bond motifs is 2. The van der Waals surface area contributed by atoms with Crippen LogP contribution >= 0.6 is 34.7 Å². The molecule has 218 valence electrons. The van der Waals surface area contributed by atoms with Crippen molar-refractivity contribution in [2.24, 2.45) is 4.99 Å². The summed E-state index contributed by atoms with van der Waals surface area (Å²) in [6, 6.07) is 23.3. The van der Waals surface area contributed by atoms with Crippen molar-refractivity contribution in [2.75, 3.05) is 6.26 Å². The van der Waals surface area contributed by atoms with Crippen molar-refractivity contribution in [3.05, 3.63) is 132 Å². The highest BCUT2D eigenvalue weighted by Crippen LogP contribution is 2.32. The van der Waals surface area contributed by atoms with Crippen LogP contribution in [0.25, 0.3) is 17.0 Å². The van der Waals surface area contributed by atoms with Crippen LogP contribution in [0.3, 0.4) is 0 Å². The third-order valence-electron chi connectivity index (χ3n) is 7.39. The number of thiazole rings is 1. The van der Waals surface area contributed by atoms with Crippen LogP contribution in [0.1, 0.15) is 43.5 Å². The van der Waals surface area contributed by atoms with Crippen molar-refractivity contribution < 1.29 is 9.53 Å². The minimum atomic E-state index is -0.646.